The van der Waals surface area contributed by atoms with Crippen molar-refractivity contribution in [1.82, 2.24) is 20.7 Å². The average Bonchev–Trinajstić information content (AvgIpc) is 2.92. The second-order valence-electron chi connectivity index (χ2n) is 7.68. The minimum atomic E-state index is -1.21. The molecule has 2 saturated heterocycles. The van der Waals surface area contributed by atoms with Gasteiger partial charge in [0.1, 0.15) is 18.4 Å². The van der Waals surface area contributed by atoms with Crippen molar-refractivity contribution in [2.75, 3.05) is 13.1 Å². The van der Waals surface area contributed by atoms with Gasteiger partial charge in [0, 0.05) is 18.7 Å². The first-order chi connectivity index (χ1) is 14.9. The summed E-state index contributed by atoms with van der Waals surface area (Å²) in [5, 5.41) is 17.3. The van der Waals surface area contributed by atoms with Gasteiger partial charge in [0.15, 0.2) is 0 Å². The fraction of sp³-hybridized carbons (Fsp3) is 0.476. The van der Waals surface area contributed by atoms with Gasteiger partial charge in [-0.15, -0.1) is 0 Å². The van der Waals surface area contributed by atoms with E-state index in [0.717, 1.165) is 0 Å². The number of benzene rings is 1. The molecule has 1 aromatic carbocycles. The van der Waals surface area contributed by atoms with E-state index < -0.39 is 36.4 Å². The number of aldehydes is 1. The second-order valence-corrected chi connectivity index (χ2v) is 7.68. The third kappa shape index (κ3) is 5.46. The Morgan fingerprint density at radius 3 is 2.45 bits per heavy atom. The predicted molar refractivity (Wildman–Crippen MR) is 109 cm³/mol. The standard InChI is InChI=1S/C21H26N4O6/c26-13-15(12-18(27)28)22-20(30)17-9-5-11-24-10-4-8-16(21(31)25(17)24)23-19(29)14-6-2-1-3-7-14/h1-3,6-7,13,15-17H,4-5,8-12H2,(H,22,30)(H,23,29)(H,27,28)/t15-,16-,17-/m0/s1. The number of hydrogen-bond donors (Lipinski definition) is 3. The SMILES string of the molecule is O=C[C@H](CC(=O)O)NC(=O)[C@@H]1CCCN2CCC[C@H](NC(=O)c3ccccc3)C(=O)N12. The molecule has 10 nitrogen and oxygen atoms in total. The maximum Gasteiger partial charge on any atom is 0.305 e. The lowest BCUT2D eigenvalue weighted by Crippen LogP contribution is -2.63. The summed E-state index contributed by atoms with van der Waals surface area (Å²) in [4.78, 5) is 60.8. The van der Waals surface area contributed by atoms with E-state index in [0.29, 0.717) is 50.6 Å². The lowest BCUT2D eigenvalue weighted by atomic mass is 10.0. The summed E-state index contributed by atoms with van der Waals surface area (Å²) >= 11 is 0. The third-order valence-electron chi connectivity index (χ3n) is 5.46. The quantitative estimate of drug-likeness (QED) is 0.516. The highest BCUT2D eigenvalue weighted by molar-refractivity contribution is 5.98. The Kier molecular flexibility index (Phi) is 7.35. The van der Waals surface area contributed by atoms with Crippen LogP contribution in [-0.2, 0) is 19.2 Å². The van der Waals surface area contributed by atoms with Crippen LogP contribution in [0.2, 0.25) is 0 Å². The Hall–Kier alpha value is -3.27. The lowest BCUT2D eigenvalue weighted by molar-refractivity contribution is -0.167. The highest BCUT2D eigenvalue weighted by Gasteiger charge is 2.42. The number of hydrazine groups is 1. The van der Waals surface area contributed by atoms with E-state index in [2.05, 4.69) is 10.6 Å². The fourth-order valence-corrected chi connectivity index (χ4v) is 3.98. The second kappa shape index (κ2) is 10.2. The van der Waals surface area contributed by atoms with Crippen LogP contribution in [0.4, 0.5) is 0 Å². The largest absolute Gasteiger partial charge is 0.481 e. The number of carboxylic acid groups (broad SMARTS) is 1. The number of amides is 3. The van der Waals surface area contributed by atoms with E-state index in [-0.39, 0.29) is 11.8 Å². The molecule has 2 fully saturated rings. The van der Waals surface area contributed by atoms with Gasteiger partial charge in [-0.3, -0.25) is 24.2 Å². The lowest BCUT2D eigenvalue weighted by Gasteiger charge is -2.43. The van der Waals surface area contributed by atoms with Crippen molar-refractivity contribution in [3.8, 4) is 0 Å². The van der Waals surface area contributed by atoms with Crippen LogP contribution in [0.25, 0.3) is 0 Å². The van der Waals surface area contributed by atoms with E-state index in [1.807, 2.05) is 0 Å². The van der Waals surface area contributed by atoms with Crippen molar-refractivity contribution in [2.45, 2.75) is 50.2 Å². The van der Waals surface area contributed by atoms with Crippen molar-refractivity contribution in [3.63, 3.8) is 0 Å². The summed E-state index contributed by atoms with van der Waals surface area (Å²) in [7, 11) is 0. The van der Waals surface area contributed by atoms with Gasteiger partial charge in [0.25, 0.3) is 11.8 Å². The van der Waals surface area contributed by atoms with E-state index >= 15 is 0 Å². The molecule has 0 unspecified atom stereocenters. The first-order valence-electron chi connectivity index (χ1n) is 10.3. The Labute approximate surface area is 179 Å². The molecule has 10 heteroatoms. The van der Waals surface area contributed by atoms with Gasteiger partial charge in [-0.25, -0.2) is 5.01 Å². The summed E-state index contributed by atoms with van der Waals surface area (Å²) in [6.45, 7) is 1.15. The molecule has 2 aliphatic heterocycles. The van der Waals surface area contributed by atoms with Crippen molar-refractivity contribution >= 4 is 30.0 Å². The molecule has 3 atom stereocenters. The van der Waals surface area contributed by atoms with Crippen LogP contribution in [0, 0.1) is 0 Å². The van der Waals surface area contributed by atoms with Gasteiger partial charge in [-0.05, 0) is 37.8 Å². The van der Waals surface area contributed by atoms with Gasteiger partial charge in [-0.1, -0.05) is 18.2 Å². The molecule has 0 radical (unpaired) electrons. The minimum absolute atomic E-state index is 0.368. The summed E-state index contributed by atoms with van der Waals surface area (Å²) in [6, 6.07) is 5.74. The molecule has 0 bridgehead atoms. The topological polar surface area (TPSA) is 136 Å². The summed E-state index contributed by atoms with van der Waals surface area (Å²) < 4.78 is 0. The number of carbonyl (C=O) groups excluding carboxylic acids is 4. The molecule has 3 rings (SSSR count). The van der Waals surface area contributed by atoms with Gasteiger partial charge in [0.2, 0.25) is 5.91 Å². The Morgan fingerprint density at radius 2 is 1.81 bits per heavy atom. The molecule has 0 saturated carbocycles. The maximum atomic E-state index is 13.3. The first-order valence-corrected chi connectivity index (χ1v) is 10.3. The van der Waals surface area contributed by atoms with Crippen molar-refractivity contribution in [1.29, 1.82) is 0 Å². The monoisotopic (exact) mass is 430 g/mol. The number of nitrogens with one attached hydrogen (secondary N) is 2. The van der Waals surface area contributed by atoms with Crippen LogP contribution in [0.5, 0.6) is 0 Å². The number of carboxylic acids is 1. The Bertz CT molecular complexity index is 846. The van der Waals surface area contributed by atoms with E-state index in [1.54, 1.807) is 35.3 Å². The van der Waals surface area contributed by atoms with Crippen LogP contribution >= 0.6 is 0 Å². The summed E-state index contributed by atoms with van der Waals surface area (Å²) in [5.74, 6) is -2.54. The van der Waals surface area contributed by atoms with Gasteiger partial charge >= 0.3 is 5.97 Å². The zero-order chi connectivity index (χ0) is 22.4. The predicted octanol–water partition coefficient (Wildman–Crippen LogP) is -0.0548. The summed E-state index contributed by atoms with van der Waals surface area (Å²) in [5.41, 5.74) is 0.437. The third-order valence-corrected chi connectivity index (χ3v) is 5.46. The fourth-order valence-electron chi connectivity index (χ4n) is 3.98. The smallest absolute Gasteiger partial charge is 0.305 e. The van der Waals surface area contributed by atoms with E-state index in [1.165, 1.54) is 5.01 Å². The molecule has 0 aliphatic carbocycles. The zero-order valence-electron chi connectivity index (χ0n) is 17.0. The van der Waals surface area contributed by atoms with E-state index in [9.17, 15) is 24.0 Å². The van der Waals surface area contributed by atoms with Gasteiger partial charge in [0.05, 0.1) is 12.5 Å². The molecule has 1 aromatic rings. The number of carbonyl (C=O) groups is 5. The van der Waals surface area contributed by atoms with Crippen molar-refractivity contribution in [3.05, 3.63) is 35.9 Å². The molecule has 0 spiro atoms. The zero-order valence-corrected chi connectivity index (χ0v) is 17.0. The number of nitrogens with zero attached hydrogens (tertiary/aromatic N) is 2. The van der Waals surface area contributed by atoms with Crippen LogP contribution in [0.3, 0.4) is 0 Å². The van der Waals surface area contributed by atoms with Crippen molar-refractivity contribution < 1.29 is 29.1 Å². The highest BCUT2D eigenvalue weighted by Crippen LogP contribution is 2.24. The highest BCUT2D eigenvalue weighted by atomic mass is 16.4. The Morgan fingerprint density at radius 1 is 1.13 bits per heavy atom. The normalized spacial score (nSPS) is 22.6. The molecule has 2 aliphatic rings. The molecule has 31 heavy (non-hydrogen) atoms. The number of fused-ring (bicyclic) bond motifs is 1. The molecule has 166 valence electrons. The Balaban J connectivity index is 1.75. The maximum absolute atomic E-state index is 13.3. The van der Waals surface area contributed by atoms with Gasteiger partial charge in [-0.2, -0.15) is 0 Å². The molecule has 2 heterocycles. The van der Waals surface area contributed by atoms with Crippen molar-refractivity contribution in [2.24, 2.45) is 0 Å². The summed E-state index contributed by atoms with van der Waals surface area (Å²) in [6.07, 6.45) is 2.00. The van der Waals surface area contributed by atoms with Crippen LogP contribution in [0.15, 0.2) is 30.3 Å². The van der Waals surface area contributed by atoms with Crippen LogP contribution < -0.4 is 10.6 Å². The minimum Gasteiger partial charge on any atom is -0.481 e. The average molecular weight is 430 g/mol. The molecule has 3 N–H and O–H groups in total. The molecular formula is C21H26N4O6. The first kappa shape index (κ1) is 22.4. The van der Waals surface area contributed by atoms with E-state index in [4.69, 9.17) is 5.11 Å². The number of hydrogen-bond acceptors (Lipinski definition) is 6. The molecular weight excluding hydrogens is 404 g/mol. The number of aliphatic carboxylic acids is 1. The van der Waals surface area contributed by atoms with Crippen LogP contribution in [-0.4, -0.2) is 76.3 Å². The number of rotatable bonds is 7. The van der Waals surface area contributed by atoms with Crippen LogP contribution in [0.1, 0.15) is 42.5 Å². The van der Waals surface area contributed by atoms with Gasteiger partial charge < -0.3 is 20.5 Å². The molecule has 3 amide bonds. The molecule has 0 aromatic heterocycles.